The molecule has 0 spiro atoms. The number of nitrogens with one attached hydrogen (secondary N) is 1. The van der Waals surface area contributed by atoms with Crippen molar-refractivity contribution >= 4 is 49.0 Å². The van der Waals surface area contributed by atoms with Gasteiger partial charge in [0.15, 0.2) is 5.11 Å². The minimum Gasteiger partial charge on any atom is -0.346 e. The Morgan fingerprint density at radius 2 is 1.68 bits per heavy atom. The Labute approximate surface area is 161 Å². The molecular weight excluding hydrogens is 422 g/mol. The van der Waals surface area contributed by atoms with Crippen LogP contribution in [0.15, 0.2) is 64.0 Å². The lowest BCUT2D eigenvalue weighted by Gasteiger charge is -2.35. The zero-order valence-corrected chi connectivity index (χ0v) is 16.6. The third kappa shape index (κ3) is 4.38. The molecule has 0 amide bonds. The first-order chi connectivity index (χ1) is 12.0. The van der Waals surface area contributed by atoms with Crippen LogP contribution in [0.3, 0.4) is 0 Å². The number of benzene rings is 2. The molecule has 1 N–H and O–H groups in total. The van der Waals surface area contributed by atoms with Crippen LogP contribution < -0.4 is 5.32 Å². The molecule has 0 radical (unpaired) electrons. The van der Waals surface area contributed by atoms with E-state index < -0.39 is 10.0 Å². The van der Waals surface area contributed by atoms with Crippen LogP contribution in [0.5, 0.6) is 0 Å². The Morgan fingerprint density at radius 3 is 2.32 bits per heavy atom. The lowest BCUT2D eigenvalue weighted by Crippen LogP contribution is -2.51. The first-order valence-electron chi connectivity index (χ1n) is 7.83. The minimum absolute atomic E-state index is 0.306. The Bertz CT molecular complexity index is 851. The van der Waals surface area contributed by atoms with E-state index in [-0.39, 0.29) is 0 Å². The average Bonchev–Trinajstić information content (AvgIpc) is 2.62. The van der Waals surface area contributed by atoms with Gasteiger partial charge < -0.3 is 10.2 Å². The van der Waals surface area contributed by atoms with Crippen LogP contribution in [-0.2, 0) is 10.0 Å². The van der Waals surface area contributed by atoms with Crippen molar-refractivity contribution in [2.45, 2.75) is 4.90 Å². The summed E-state index contributed by atoms with van der Waals surface area (Å²) in [5.41, 5.74) is 0.927. The largest absolute Gasteiger partial charge is 0.346 e. The van der Waals surface area contributed by atoms with Gasteiger partial charge in [-0.05, 0) is 42.5 Å². The topological polar surface area (TPSA) is 52.7 Å². The minimum atomic E-state index is -3.48. The summed E-state index contributed by atoms with van der Waals surface area (Å²) < 4.78 is 27.8. The van der Waals surface area contributed by atoms with Gasteiger partial charge in [-0.1, -0.05) is 40.2 Å². The highest BCUT2D eigenvalue weighted by atomic mass is 79.9. The standard InChI is InChI=1S/C17H18BrN3O2S2/c18-14-5-4-8-16(13-14)25(22,23)21-11-9-20(10-12-21)17(24)19-15-6-2-1-3-7-15/h1-8,13H,9-12H2,(H,19,24). The van der Waals surface area contributed by atoms with E-state index in [1.165, 1.54) is 4.31 Å². The van der Waals surface area contributed by atoms with Gasteiger partial charge in [-0.15, -0.1) is 0 Å². The van der Waals surface area contributed by atoms with Crippen molar-refractivity contribution in [3.05, 3.63) is 59.1 Å². The highest BCUT2D eigenvalue weighted by Crippen LogP contribution is 2.21. The summed E-state index contributed by atoms with van der Waals surface area (Å²) in [6, 6.07) is 16.5. The molecule has 25 heavy (non-hydrogen) atoms. The van der Waals surface area contributed by atoms with E-state index in [4.69, 9.17) is 12.2 Å². The van der Waals surface area contributed by atoms with Crippen molar-refractivity contribution in [1.82, 2.24) is 9.21 Å². The molecule has 1 aliphatic heterocycles. The summed E-state index contributed by atoms with van der Waals surface area (Å²) in [6.07, 6.45) is 0. The second-order valence-electron chi connectivity index (χ2n) is 5.64. The van der Waals surface area contributed by atoms with Crippen LogP contribution in [0.2, 0.25) is 0 Å². The van der Waals surface area contributed by atoms with Crippen LogP contribution >= 0.6 is 28.1 Å². The average molecular weight is 440 g/mol. The number of hydrogen-bond donors (Lipinski definition) is 1. The van der Waals surface area contributed by atoms with E-state index in [0.29, 0.717) is 36.2 Å². The number of sulfonamides is 1. The molecule has 0 aliphatic carbocycles. The molecule has 8 heteroatoms. The van der Waals surface area contributed by atoms with E-state index >= 15 is 0 Å². The van der Waals surface area contributed by atoms with Crippen molar-refractivity contribution in [3.8, 4) is 0 Å². The fourth-order valence-electron chi connectivity index (χ4n) is 2.63. The van der Waals surface area contributed by atoms with Gasteiger partial charge in [-0.25, -0.2) is 8.42 Å². The lowest BCUT2D eigenvalue weighted by atomic mass is 10.3. The molecule has 1 aliphatic rings. The van der Waals surface area contributed by atoms with Crippen molar-refractivity contribution in [2.24, 2.45) is 0 Å². The normalized spacial score (nSPS) is 15.8. The Kier molecular flexibility index (Phi) is 5.73. The van der Waals surface area contributed by atoms with Crippen LogP contribution in [0.1, 0.15) is 0 Å². The Morgan fingerprint density at radius 1 is 1.00 bits per heavy atom. The van der Waals surface area contributed by atoms with Crippen LogP contribution in [0.4, 0.5) is 5.69 Å². The van der Waals surface area contributed by atoms with E-state index in [9.17, 15) is 8.42 Å². The summed E-state index contributed by atoms with van der Waals surface area (Å²) in [5, 5.41) is 3.80. The summed E-state index contributed by atoms with van der Waals surface area (Å²) in [4.78, 5) is 2.30. The number of anilines is 1. The van der Waals surface area contributed by atoms with Gasteiger partial charge in [0.05, 0.1) is 4.90 Å². The van der Waals surface area contributed by atoms with E-state index in [2.05, 4.69) is 21.2 Å². The van der Waals surface area contributed by atoms with Crippen LogP contribution in [0, 0.1) is 0 Å². The van der Waals surface area contributed by atoms with Gasteiger partial charge in [0.25, 0.3) is 0 Å². The first kappa shape index (κ1) is 18.3. The molecule has 0 aromatic heterocycles. The fraction of sp³-hybridized carbons (Fsp3) is 0.235. The molecule has 1 fully saturated rings. The second kappa shape index (κ2) is 7.82. The quantitative estimate of drug-likeness (QED) is 0.744. The molecule has 2 aromatic rings. The maximum absolute atomic E-state index is 12.7. The molecule has 132 valence electrons. The SMILES string of the molecule is O=S(=O)(c1cccc(Br)c1)N1CCN(C(=S)Nc2ccccc2)CC1. The smallest absolute Gasteiger partial charge is 0.243 e. The number of halogens is 1. The molecule has 3 rings (SSSR count). The summed E-state index contributed by atoms with van der Waals surface area (Å²) in [6.45, 7) is 1.94. The molecule has 0 saturated carbocycles. The highest BCUT2D eigenvalue weighted by Gasteiger charge is 2.29. The molecule has 2 aromatic carbocycles. The number of thiocarbonyl (C=S) groups is 1. The number of nitrogens with zero attached hydrogens (tertiary/aromatic N) is 2. The predicted molar refractivity (Wildman–Crippen MR) is 107 cm³/mol. The van der Waals surface area contributed by atoms with E-state index in [1.54, 1.807) is 18.2 Å². The van der Waals surface area contributed by atoms with Crippen molar-refractivity contribution in [2.75, 3.05) is 31.5 Å². The van der Waals surface area contributed by atoms with Crippen molar-refractivity contribution < 1.29 is 8.42 Å². The van der Waals surface area contributed by atoms with E-state index in [0.717, 1.165) is 10.2 Å². The lowest BCUT2D eigenvalue weighted by molar-refractivity contribution is 0.268. The second-order valence-corrected chi connectivity index (χ2v) is 8.88. The number of piperazine rings is 1. The molecule has 5 nitrogen and oxygen atoms in total. The highest BCUT2D eigenvalue weighted by molar-refractivity contribution is 9.10. The first-order valence-corrected chi connectivity index (χ1v) is 10.5. The number of rotatable bonds is 3. The Balaban J connectivity index is 1.62. The fourth-order valence-corrected chi connectivity index (χ4v) is 4.95. The molecule has 0 unspecified atom stereocenters. The molecular formula is C17H18BrN3O2S2. The van der Waals surface area contributed by atoms with Crippen LogP contribution in [0.25, 0.3) is 0 Å². The van der Waals surface area contributed by atoms with Crippen LogP contribution in [-0.4, -0.2) is 48.9 Å². The third-order valence-corrected chi connectivity index (χ3v) is 6.73. The summed E-state index contributed by atoms with van der Waals surface area (Å²) in [7, 11) is -3.48. The Hall–Kier alpha value is -1.48. The molecule has 0 bridgehead atoms. The van der Waals surface area contributed by atoms with E-state index in [1.807, 2.05) is 41.3 Å². The number of para-hydroxylation sites is 1. The molecule has 1 heterocycles. The van der Waals surface area contributed by atoms with Gasteiger partial charge in [0.2, 0.25) is 10.0 Å². The molecule has 1 saturated heterocycles. The monoisotopic (exact) mass is 439 g/mol. The summed E-state index contributed by atoms with van der Waals surface area (Å²) in [5.74, 6) is 0. The zero-order chi connectivity index (χ0) is 17.9. The van der Waals surface area contributed by atoms with Crippen molar-refractivity contribution in [3.63, 3.8) is 0 Å². The number of hydrogen-bond acceptors (Lipinski definition) is 3. The third-order valence-electron chi connectivity index (χ3n) is 3.98. The van der Waals surface area contributed by atoms with Gasteiger partial charge in [0, 0.05) is 36.3 Å². The predicted octanol–water partition coefficient (Wildman–Crippen LogP) is 3.15. The van der Waals surface area contributed by atoms with Crippen molar-refractivity contribution in [1.29, 1.82) is 0 Å². The van der Waals surface area contributed by atoms with Gasteiger partial charge >= 0.3 is 0 Å². The van der Waals surface area contributed by atoms with Gasteiger partial charge in [-0.2, -0.15) is 4.31 Å². The molecule has 0 atom stereocenters. The maximum atomic E-state index is 12.7. The van der Waals surface area contributed by atoms with Gasteiger partial charge in [-0.3, -0.25) is 0 Å². The zero-order valence-electron chi connectivity index (χ0n) is 13.4. The van der Waals surface area contributed by atoms with Gasteiger partial charge in [0.1, 0.15) is 0 Å². The maximum Gasteiger partial charge on any atom is 0.243 e. The summed E-state index contributed by atoms with van der Waals surface area (Å²) >= 11 is 8.76.